The number of carbonyl (C=O) groups excluding carboxylic acids is 1. The molecule has 1 aromatic heterocycles. The number of hydrogen-bond acceptors (Lipinski definition) is 4. The molecule has 4 N–H and O–H groups in total. The molecule has 9 heteroatoms. The van der Waals surface area contributed by atoms with E-state index in [-0.39, 0.29) is 17.7 Å². The van der Waals surface area contributed by atoms with Crippen molar-refractivity contribution in [3.8, 4) is 34.5 Å². The molecule has 1 heterocycles. The summed E-state index contributed by atoms with van der Waals surface area (Å²) < 4.78 is 43.8. The molecule has 0 aliphatic carbocycles. The van der Waals surface area contributed by atoms with Crippen LogP contribution in [-0.4, -0.2) is 39.6 Å². The van der Waals surface area contributed by atoms with Crippen LogP contribution in [0.5, 0.6) is 11.5 Å². The predicted molar refractivity (Wildman–Crippen MR) is 158 cm³/mol. The van der Waals surface area contributed by atoms with Crippen LogP contribution >= 0.6 is 0 Å². The highest BCUT2D eigenvalue weighted by Crippen LogP contribution is 2.30. The maximum atomic E-state index is 13.4. The van der Waals surface area contributed by atoms with E-state index in [1.165, 1.54) is 18.2 Å². The number of hydrogen-bond donors (Lipinski definition) is 4. The molecule has 0 saturated heterocycles. The van der Waals surface area contributed by atoms with Gasteiger partial charge in [0.05, 0.1) is 23.3 Å². The molecule has 0 aliphatic heterocycles. The molecule has 0 radical (unpaired) electrons. The quantitative estimate of drug-likeness (QED) is 0.163. The summed E-state index contributed by atoms with van der Waals surface area (Å²) in [5, 5.41) is 24.2. The summed E-state index contributed by atoms with van der Waals surface area (Å²) in [5.74, 6) is 4.00. The molecule has 6 nitrogen and oxygen atoms in total. The monoisotopic (exact) mass is 584 g/mol. The lowest BCUT2D eigenvalue weighted by molar-refractivity contribution is -0.274. The third kappa shape index (κ3) is 7.00. The van der Waals surface area contributed by atoms with Crippen LogP contribution in [0.2, 0.25) is 0 Å². The van der Waals surface area contributed by atoms with E-state index in [4.69, 9.17) is 0 Å². The Balaban J connectivity index is 1.45. The van der Waals surface area contributed by atoms with Crippen LogP contribution in [-0.2, 0) is 6.42 Å². The Labute approximate surface area is 245 Å². The van der Waals surface area contributed by atoms with E-state index in [0.717, 1.165) is 33.7 Å². The van der Waals surface area contributed by atoms with Crippen molar-refractivity contribution in [2.45, 2.75) is 25.2 Å². The lowest BCUT2D eigenvalue weighted by atomic mass is 9.92. The number of nitrogens with one attached hydrogen (secondary N) is 2. The molecule has 5 aromatic rings. The summed E-state index contributed by atoms with van der Waals surface area (Å²) in [7, 11) is 0. The number of rotatable bonds is 7. The zero-order valence-corrected chi connectivity index (χ0v) is 23.0. The molecule has 4 aromatic carbocycles. The number of H-pyrrole nitrogens is 1. The standard InChI is InChI=1S/C34H27F3N2O4/c1-33(21-40,19-26-20-38-29-10-6-5-9-27(26)29)39-32(42)28-17-22(12-16-31(28)43-34(35,36)37)11-13-25-18-24(14-15-30(25)41)23-7-3-2-4-8-23/h2-10,12,14-18,20,38,40-41H,19,21H2,1H3,(H,39,42). The van der Waals surface area contributed by atoms with Gasteiger partial charge in [-0.25, -0.2) is 0 Å². The average Bonchev–Trinajstić information content (AvgIpc) is 3.39. The van der Waals surface area contributed by atoms with Crippen molar-refractivity contribution < 1.29 is 32.9 Å². The van der Waals surface area contributed by atoms with Gasteiger partial charge in [0, 0.05) is 22.7 Å². The Kier molecular flexibility index (Phi) is 8.15. The van der Waals surface area contributed by atoms with Gasteiger partial charge in [-0.15, -0.1) is 13.2 Å². The zero-order valence-electron chi connectivity index (χ0n) is 23.0. The van der Waals surface area contributed by atoms with Crippen LogP contribution in [0.1, 0.15) is 34.0 Å². The van der Waals surface area contributed by atoms with Crippen LogP contribution in [0.15, 0.2) is 97.2 Å². The normalized spacial score (nSPS) is 12.7. The molecule has 1 amide bonds. The summed E-state index contributed by atoms with van der Waals surface area (Å²) in [5.41, 5.74) is 2.30. The third-order valence-corrected chi connectivity index (χ3v) is 6.91. The smallest absolute Gasteiger partial charge is 0.507 e. The number of benzene rings is 4. The number of halogens is 3. The van der Waals surface area contributed by atoms with Crippen molar-refractivity contribution in [2.24, 2.45) is 0 Å². The number of phenolic OH excluding ortho intramolecular Hbond substituents is 1. The minimum Gasteiger partial charge on any atom is -0.507 e. The Morgan fingerprint density at radius 1 is 0.930 bits per heavy atom. The molecular weight excluding hydrogens is 557 g/mol. The van der Waals surface area contributed by atoms with E-state index in [1.54, 1.807) is 25.3 Å². The fourth-order valence-electron chi connectivity index (χ4n) is 4.76. The van der Waals surface area contributed by atoms with E-state index >= 15 is 0 Å². The maximum absolute atomic E-state index is 13.4. The van der Waals surface area contributed by atoms with Crippen molar-refractivity contribution in [3.63, 3.8) is 0 Å². The van der Waals surface area contributed by atoms with E-state index in [1.807, 2.05) is 54.6 Å². The second kappa shape index (κ2) is 12.0. The maximum Gasteiger partial charge on any atom is 0.573 e. The van der Waals surface area contributed by atoms with Gasteiger partial charge < -0.3 is 25.3 Å². The van der Waals surface area contributed by atoms with Crippen LogP contribution in [0.25, 0.3) is 22.0 Å². The Bertz CT molecular complexity index is 1840. The minimum atomic E-state index is -5.05. The number of aromatic hydroxyl groups is 1. The molecule has 218 valence electrons. The highest BCUT2D eigenvalue weighted by molar-refractivity contribution is 5.98. The minimum absolute atomic E-state index is 0.0711. The molecule has 0 spiro atoms. The second-order valence-electron chi connectivity index (χ2n) is 10.3. The highest BCUT2D eigenvalue weighted by atomic mass is 19.4. The number of carbonyl (C=O) groups is 1. The number of aromatic amines is 1. The number of aliphatic hydroxyl groups is 1. The van der Waals surface area contributed by atoms with Crippen molar-refractivity contribution in [2.75, 3.05) is 6.61 Å². The zero-order chi connectivity index (χ0) is 30.6. The van der Waals surface area contributed by atoms with Crippen LogP contribution in [0, 0.1) is 11.8 Å². The molecule has 0 saturated carbocycles. The first kappa shape index (κ1) is 29.3. The van der Waals surface area contributed by atoms with Crippen LogP contribution < -0.4 is 10.1 Å². The number of para-hydroxylation sites is 1. The first-order valence-corrected chi connectivity index (χ1v) is 13.3. The Morgan fingerprint density at radius 3 is 2.42 bits per heavy atom. The number of phenols is 1. The Hall–Kier alpha value is -5.20. The molecule has 5 rings (SSSR count). The fraction of sp³-hybridized carbons (Fsp3) is 0.147. The van der Waals surface area contributed by atoms with Crippen LogP contribution in [0.4, 0.5) is 13.2 Å². The largest absolute Gasteiger partial charge is 0.573 e. The van der Waals surface area contributed by atoms with Crippen molar-refractivity contribution in [1.82, 2.24) is 10.3 Å². The lowest BCUT2D eigenvalue weighted by Crippen LogP contribution is -2.50. The number of fused-ring (bicyclic) bond motifs is 1. The number of ether oxygens (including phenoxy) is 1. The Morgan fingerprint density at radius 2 is 1.67 bits per heavy atom. The van der Waals surface area contributed by atoms with Crippen molar-refractivity contribution in [3.05, 3.63) is 119 Å². The van der Waals surface area contributed by atoms with Gasteiger partial charge in [0.1, 0.15) is 11.5 Å². The van der Waals surface area contributed by atoms with Gasteiger partial charge in [-0.1, -0.05) is 66.4 Å². The van der Waals surface area contributed by atoms with Gasteiger partial charge in [-0.2, -0.15) is 0 Å². The SMILES string of the molecule is CC(CO)(Cc1c[nH]c2ccccc12)NC(=O)c1cc(C#Cc2cc(-c3ccccc3)ccc2O)ccc1OC(F)(F)F. The summed E-state index contributed by atoms with van der Waals surface area (Å²) in [6.07, 6.45) is -3.08. The molecule has 0 aliphatic rings. The second-order valence-corrected chi connectivity index (χ2v) is 10.3. The van der Waals surface area contributed by atoms with E-state index in [9.17, 15) is 28.2 Å². The summed E-state index contributed by atoms with van der Waals surface area (Å²) >= 11 is 0. The predicted octanol–water partition coefficient (Wildman–Crippen LogP) is 6.56. The molecule has 1 atom stereocenters. The van der Waals surface area contributed by atoms with E-state index < -0.39 is 35.7 Å². The number of aliphatic hydroxyl groups excluding tert-OH is 1. The van der Waals surface area contributed by atoms with Gasteiger partial charge in [0.15, 0.2) is 0 Å². The average molecular weight is 585 g/mol. The van der Waals surface area contributed by atoms with Crippen molar-refractivity contribution >= 4 is 16.8 Å². The van der Waals surface area contributed by atoms with Crippen molar-refractivity contribution in [1.29, 1.82) is 0 Å². The topological polar surface area (TPSA) is 94.6 Å². The summed E-state index contributed by atoms with van der Waals surface area (Å²) in [6, 6.07) is 25.4. The summed E-state index contributed by atoms with van der Waals surface area (Å²) in [4.78, 5) is 16.6. The lowest BCUT2D eigenvalue weighted by Gasteiger charge is -2.29. The van der Waals surface area contributed by atoms with E-state index in [0.29, 0.717) is 5.56 Å². The third-order valence-electron chi connectivity index (χ3n) is 6.91. The van der Waals surface area contributed by atoms with Gasteiger partial charge >= 0.3 is 6.36 Å². The first-order chi connectivity index (χ1) is 20.5. The molecule has 0 bridgehead atoms. The highest BCUT2D eigenvalue weighted by Gasteiger charge is 2.34. The van der Waals surface area contributed by atoms with E-state index in [2.05, 4.69) is 26.9 Å². The summed E-state index contributed by atoms with van der Waals surface area (Å²) in [6.45, 7) is 1.12. The molecular formula is C34H27F3N2O4. The van der Waals surface area contributed by atoms with Gasteiger partial charge in [0.2, 0.25) is 0 Å². The number of aromatic nitrogens is 1. The first-order valence-electron chi connectivity index (χ1n) is 13.3. The number of amides is 1. The molecule has 43 heavy (non-hydrogen) atoms. The number of alkyl halides is 3. The fourth-order valence-corrected chi connectivity index (χ4v) is 4.76. The van der Waals surface area contributed by atoms with Gasteiger partial charge in [0.25, 0.3) is 5.91 Å². The van der Waals surface area contributed by atoms with Gasteiger partial charge in [-0.05, 0) is 66.4 Å². The molecule has 1 unspecified atom stereocenters. The van der Waals surface area contributed by atoms with Crippen LogP contribution in [0.3, 0.4) is 0 Å². The molecule has 0 fully saturated rings. The van der Waals surface area contributed by atoms with Gasteiger partial charge in [-0.3, -0.25) is 4.79 Å².